The number of hydrogen-bond acceptors (Lipinski definition) is 7. The number of carboxylic acid groups (broad SMARTS) is 1. The van der Waals surface area contributed by atoms with Crippen LogP contribution in [0.5, 0.6) is 0 Å². The Hall–Kier alpha value is -4.98. The molecule has 3 aromatic heterocycles. The van der Waals surface area contributed by atoms with Gasteiger partial charge in [-0.15, -0.1) is 0 Å². The number of imidazole rings is 2. The normalized spacial score (nSPS) is 14.2. The van der Waals surface area contributed by atoms with Gasteiger partial charge in [0.05, 0.1) is 18.7 Å². The predicted molar refractivity (Wildman–Crippen MR) is 153 cm³/mol. The fourth-order valence-corrected chi connectivity index (χ4v) is 4.60. The number of nitrogens with one attached hydrogen (secondary N) is 6. The molecule has 0 aliphatic rings. The summed E-state index contributed by atoms with van der Waals surface area (Å²) in [7, 11) is 0. The molecule has 4 aromatic rings. The third-order valence-electron chi connectivity index (χ3n) is 6.91. The molecule has 0 aliphatic carbocycles. The molecular weight excluding hydrogens is 542 g/mol. The highest BCUT2D eigenvalue weighted by atomic mass is 16.4. The first-order valence-corrected chi connectivity index (χ1v) is 13.5. The van der Waals surface area contributed by atoms with E-state index in [2.05, 4.69) is 40.9 Å². The molecule has 14 nitrogen and oxygen atoms in total. The molecule has 0 aliphatic heterocycles. The lowest BCUT2D eigenvalue weighted by atomic mass is 10.0. The van der Waals surface area contributed by atoms with Gasteiger partial charge in [-0.3, -0.25) is 14.4 Å². The minimum atomic E-state index is -1.20. The molecule has 4 atom stereocenters. The van der Waals surface area contributed by atoms with Crippen LogP contribution in [0.25, 0.3) is 10.9 Å². The first-order valence-electron chi connectivity index (χ1n) is 13.5. The largest absolute Gasteiger partial charge is 0.480 e. The average molecular weight is 578 g/mol. The van der Waals surface area contributed by atoms with Crippen LogP contribution < -0.4 is 21.7 Å². The van der Waals surface area contributed by atoms with Crippen molar-refractivity contribution in [1.82, 2.24) is 40.9 Å². The molecule has 4 unspecified atom stereocenters. The van der Waals surface area contributed by atoms with Crippen LogP contribution in [0, 0.1) is 5.92 Å². The van der Waals surface area contributed by atoms with Crippen molar-refractivity contribution in [2.24, 2.45) is 11.7 Å². The molecule has 0 spiro atoms. The van der Waals surface area contributed by atoms with Crippen molar-refractivity contribution >= 4 is 34.6 Å². The zero-order valence-corrected chi connectivity index (χ0v) is 23.3. The van der Waals surface area contributed by atoms with Gasteiger partial charge >= 0.3 is 5.97 Å². The fraction of sp³-hybridized carbons (Fsp3) is 0.357. The number of rotatable bonds is 14. The number of fused-ring (bicyclic) bond motifs is 1. The van der Waals surface area contributed by atoms with Crippen LogP contribution in [-0.4, -0.2) is 77.9 Å². The Morgan fingerprint density at radius 1 is 0.833 bits per heavy atom. The van der Waals surface area contributed by atoms with E-state index >= 15 is 0 Å². The minimum Gasteiger partial charge on any atom is -0.480 e. The van der Waals surface area contributed by atoms with Crippen LogP contribution in [0.1, 0.15) is 30.8 Å². The molecule has 42 heavy (non-hydrogen) atoms. The molecule has 14 heteroatoms. The lowest BCUT2D eigenvalue weighted by Gasteiger charge is -2.25. The number of carbonyl (C=O) groups excluding carboxylic acids is 3. The molecule has 4 rings (SSSR count). The van der Waals surface area contributed by atoms with E-state index in [9.17, 15) is 24.3 Å². The lowest BCUT2D eigenvalue weighted by molar-refractivity contribution is -0.143. The van der Waals surface area contributed by atoms with E-state index in [1.165, 1.54) is 25.0 Å². The van der Waals surface area contributed by atoms with Crippen molar-refractivity contribution < 1.29 is 24.3 Å². The van der Waals surface area contributed by atoms with Gasteiger partial charge in [0.2, 0.25) is 17.7 Å². The topological polar surface area (TPSA) is 224 Å². The summed E-state index contributed by atoms with van der Waals surface area (Å²) >= 11 is 0. The molecule has 0 fully saturated rings. The quantitative estimate of drug-likeness (QED) is 0.103. The average Bonchev–Trinajstić information content (AvgIpc) is 3.74. The molecule has 1 aromatic carbocycles. The highest BCUT2D eigenvalue weighted by molar-refractivity contribution is 5.94. The van der Waals surface area contributed by atoms with Gasteiger partial charge in [0.1, 0.15) is 18.1 Å². The van der Waals surface area contributed by atoms with E-state index in [1.54, 1.807) is 20.0 Å². The fourth-order valence-electron chi connectivity index (χ4n) is 4.60. The molecule has 0 saturated carbocycles. The van der Waals surface area contributed by atoms with Gasteiger partial charge in [0.25, 0.3) is 0 Å². The van der Waals surface area contributed by atoms with E-state index in [-0.39, 0.29) is 19.3 Å². The number of amides is 3. The van der Waals surface area contributed by atoms with Gasteiger partial charge in [0.15, 0.2) is 0 Å². The summed E-state index contributed by atoms with van der Waals surface area (Å²) in [5.74, 6) is -3.50. The first kappa shape index (κ1) is 30.0. The third kappa shape index (κ3) is 7.60. The Morgan fingerprint density at radius 3 is 1.95 bits per heavy atom. The van der Waals surface area contributed by atoms with E-state index in [0.717, 1.165) is 16.5 Å². The van der Waals surface area contributed by atoms with E-state index in [4.69, 9.17) is 5.73 Å². The summed E-state index contributed by atoms with van der Waals surface area (Å²) < 4.78 is 0. The summed E-state index contributed by atoms with van der Waals surface area (Å²) in [6.45, 7) is 3.33. The summed E-state index contributed by atoms with van der Waals surface area (Å²) in [4.78, 5) is 68.6. The van der Waals surface area contributed by atoms with Crippen molar-refractivity contribution in [3.05, 3.63) is 72.5 Å². The standard InChI is InChI=1S/C28H35N9O5/c1-15(2)24(28(41)42)37-27(40)23(9-18-12-31-14-34-18)36-26(39)22(8-17-11-30-13-33-17)35-25(38)20(29)7-16-10-32-21-6-4-3-5-19(16)21/h3-6,10-15,20,22-24,32H,7-9,29H2,1-2H3,(H,30,33)(H,31,34)(H,35,38)(H,36,39)(H,37,40)(H,41,42). The van der Waals surface area contributed by atoms with Crippen molar-refractivity contribution in [2.45, 2.75) is 57.3 Å². The zero-order valence-electron chi connectivity index (χ0n) is 23.3. The second-order valence-electron chi connectivity index (χ2n) is 10.4. The maximum atomic E-state index is 13.6. The molecule has 0 saturated heterocycles. The molecule has 222 valence electrons. The van der Waals surface area contributed by atoms with Gasteiger partial charge in [-0.1, -0.05) is 32.0 Å². The Labute approximate surface area is 241 Å². The van der Waals surface area contributed by atoms with Crippen LogP contribution >= 0.6 is 0 Å². The number of H-pyrrole nitrogens is 3. The molecule has 0 bridgehead atoms. The van der Waals surface area contributed by atoms with Gasteiger partial charge < -0.3 is 41.7 Å². The second kappa shape index (κ2) is 13.6. The molecular formula is C28H35N9O5. The first-order chi connectivity index (χ1) is 20.1. The number of hydrogen-bond donors (Lipinski definition) is 8. The van der Waals surface area contributed by atoms with Crippen LogP contribution in [0.4, 0.5) is 0 Å². The number of nitrogens with zero attached hydrogens (tertiary/aromatic N) is 2. The summed E-state index contributed by atoms with van der Waals surface area (Å²) in [5, 5.41) is 18.4. The van der Waals surface area contributed by atoms with Crippen molar-refractivity contribution in [1.29, 1.82) is 0 Å². The molecule has 3 heterocycles. The monoisotopic (exact) mass is 577 g/mol. The Bertz CT molecular complexity index is 1500. The maximum absolute atomic E-state index is 13.6. The number of aromatic amines is 3. The van der Waals surface area contributed by atoms with Gasteiger partial charge in [-0.25, -0.2) is 14.8 Å². The van der Waals surface area contributed by atoms with Gasteiger partial charge in [-0.2, -0.15) is 0 Å². The Morgan fingerprint density at radius 2 is 1.40 bits per heavy atom. The third-order valence-corrected chi connectivity index (χ3v) is 6.91. The number of nitrogens with two attached hydrogens (primary N) is 1. The van der Waals surface area contributed by atoms with Crippen molar-refractivity contribution in [2.75, 3.05) is 0 Å². The van der Waals surface area contributed by atoms with Crippen LogP contribution in [0.3, 0.4) is 0 Å². The number of para-hydroxylation sites is 1. The smallest absolute Gasteiger partial charge is 0.326 e. The Balaban J connectivity index is 1.50. The van der Waals surface area contributed by atoms with Crippen LogP contribution in [-0.2, 0) is 38.4 Å². The summed E-state index contributed by atoms with van der Waals surface area (Å²) in [6.07, 6.45) is 7.96. The summed E-state index contributed by atoms with van der Waals surface area (Å²) in [5.41, 5.74) is 9.15. The summed E-state index contributed by atoms with van der Waals surface area (Å²) in [6, 6.07) is 3.23. The Kier molecular flexibility index (Phi) is 9.70. The van der Waals surface area contributed by atoms with Gasteiger partial charge in [-0.05, 0) is 24.0 Å². The number of aromatic nitrogens is 5. The van der Waals surface area contributed by atoms with Crippen LogP contribution in [0.15, 0.2) is 55.5 Å². The minimum absolute atomic E-state index is 0.00676. The van der Waals surface area contributed by atoms with E-state index in [1.807, 2.05) is 24.3 Å². The lowest BCUT2D eigenvalue weighted by Crippen LogP contribution is -2.58. The van der Waals surface area contributed by atoms with E-state index < -0.39 is 53.8 Å². The van der Waals surface area contributed by atoms with E-state index in [0.29, 0.717) is 11.4 Å². The highest BCUT2D eigenvalue weighted by Crippen LogP contribution is 2.19. The van der Waals surface area contributed by atoms with Crippen molar-refractivity contribution in [3.8, 4) is 0 Å². The number of carbonyl (C=O) groups is 4. The maximum Gasteiger partial charge on any atom is 0.326 e. The predicted octanol–water partition coefficient (Wildman–Crippen LogP) is 0.164. The molecule has 3 amide bonds. The zero-order chi connectivity index (χ0) is 30.2. The number of aliphatic carboxylic acids is 1. The van der Waals surface area contributed by atoms with Crippen LogP contribution in [0.2, 0.25) is 0 Å². The van der Waals surface area contributed by atoms with Crippen molar-refractivity contribution in [3.63, 3.8) is 0 Å². The number of benzene rings is 1. The SMILES string of the molecule is CC(C)C(NC(=O)C(Cc1cnc[nH]1)NC(=O)C(Cc1cnc[nH]1)NC(=O)C(N)Cc1c[nH]c2ccccc12)C(=O)O. The van der Waals surface area contributed by atoms with Gasteiger partial charge in [0, 0.05) is 53.7 Å². The molecule has 0 radical (unpaired) electrons. The molecule has 9 N–H and O–H groups in total. The number of carboxylic acids is 1. The highest BCUT2D eigenvalue weighted by Gasteiger charge is 2.32. The second-order valence-corrected chi connectivity index (χ2v) is 10.4.